The van der Waals surface area contributed by atoms with Crippen LogP contribution >= 0.6 is 0 Å². The standard InChI is InChI=1S/C17H18F3N5O2S/c18-17(19,20)10-24-28(26,27)12-2-1-5-25(9-12)14-8-21-6-11-7-23-16-13(15(11)14)3-4-22-16/h3-4,6-8,12,24H,1-2,5,9-10H2,(H,22,23). The summed E-state index contributed by atoms with van der Waals surface area (Å²) in [5, 5.41) is 1.66. The molecule has 150 valence electrons. The molecule has 0 radical (unpaired) electrons. The van der Waals surface area contributed by atoms with Crippen LogP contribution in [0.15, 0.2) is 30.9 Å². The van der Waals surface area contributed by atoms with Gasteiger partial charge < -0.3 is 9.88 Å². The minimum absolute atomic E-state index is 0.0994. The normalized spacial score (nSPS) is 18.8. The van der Waals surface area contributed by atoms with Gasteiger partial charge in [0.2, 0.25) is 10.0 Å². The van der Waals surface area contributed by atoms with Crippen molar-refractivity contribution in [2.75, 3.05) is 24.5 Å². The number of hydrogen-bond donors (Lipinski definition) is 2. The fraction of sp³-hybridized carbons (Fsp3) is 0.412. The van der Waals surface area contributed by atoms with Gasteiger partial charge in [-0.25, -0.2) is 18.1 Å². The molecule has 1 aliphatic heterocycles. The van der Waals surface area contributed by atoms with Crippen LogP contribution in [0.25, 0.3) is 21.8 Å². The predicted molar refractivity (Wildman–Crippen MR) is 99.6 cm³/mol. The van der Waals surface area contributed by atoms with Gasteiger partial charge in [-0.1, -0.05) is 0 Å². The van der Waals surface area contributed by atoms with Gasteiger partial charge in [-0.05, 0) is 18.9 Å². The molecule has 0 aliphatic carbocycles. The lowest BCUT2D eigenvalue weighted by Crippen LogP contribution is -2.48. The summed E-state index contributed by atoms with van der Waals surface area (Å²) in [5.74, 6) is 0. The third-order valence-corrected chi connectivity index (χ3v) is 6.72. The molecule has 28 heavy (non-hydrogen) atoms. The van der Waals surface area contributed by atoms with E-state index < -0.39 is 28.0 Å². The summed E-state index contributed by atoms with van der Waals surface area (Å²) in [4.78, 5) is 13.5. The van der Waals surface area contributed by atoms with E-state index in [4.69, 9.17) is 0 Å². The zero-order valence-corrected chi connectivity index (χ0v) is 15.5. The predicted octanol–water partition coefficient (Wildman–Crippen LogP) is 2.56. The molecule has 0 saturated carbocycles. The largest absolute Gasteiger partial charge is 0.402 e. The molecule has 0 amide bonds. The molecule has 1 aliphatic rings. The summed E-state index contributed by atoms with van der Waals surface area (Å²) >= 11 is 0. The minimum Gasteiger partial charge on any atom is -0.368 e. The molecule has 7 nitrogen and oxygen atoms in total. The van der Waals surface area contributed by atoms with Crippen LogP contribution in [0.3, 0.4) is 0 Å². The van der Waals surface area contributed by atoms with Crippen LogP contribution in [-0.4, -0.2) is 54.4 Å². The first kappa shape index (κ1) is 18.9. The maximum absolute atomic E-state index is 12.4. The summed E-state index contributed by atoms with van der Waals surface area (Å²) in [6.07, 6.45) is 3.07. The zero-order valence-electron chi connectivity index (χ0n) is 14.7. The average Bonchev–Trinajstić information content (AvgIpc) is 3.15. The maximum Gasteiger partial charge on any atom is 0.402 e. The Morgan fingerprint density at radius 2 is 2.11 bits per heavy atom. The molecule has 1 atom stereocenters. The van der Waals surface area contributed by atoms with Gasteiger partial charge in [0.25, 0.3) is 0 Å². The van der Waals surface area contributed by atoms with Crippen LogP contribution in [0.5, 0.6) is 0 Å². The lowest BCUT2D eigenvalue weighted by Gasteiger charge is -2.34. The van der Waals surface area contributed by atoms with E-state index in [9.17, 15) is 21.6 Å². The second-order valence-electron chi connectivity index (χ2n) is 6.81. The average molecular weight is 413 g/mol. The summed E-state index contributed by atoms with van der Waals surface area (Å²) < 4.78 is 63.7. The first-order chi connectivity index (χ1) is 13.2. The van der Waals surface area contributed by atoms with E-state index in [1.54, 1.807) is 29.5 Å². The number of aromatic amines is 1. The van der Waals surface area contributed by atoms with Gasteiger partial charge in [0.05, 0.1) is 17.1 Å². The monoisotopic (exact) mass is 413 g/mol. The number of anilines is 1. The number of rotatable bonds is 4. The van der Waals surface area contributed by atoms with Crippen molar-refractivity contribution in [1.29, 1.82) is 0 Å². The Labute approximate surface area is 159 Å². The van der Waals surface area contributed by atoms with Crippen LogP contribution in [0.2, 0.25) is 0 Å². The van der Waals surface area contributed by atoms with E-state index >= 15 is 0 Å². The van der Waals surface area contributed by atoms with E-state index in [1.165, 1.54) is 0 Å². The van der Waals surface area contributed by atoms with Crippen molar-refractivity contribution in [3.05, 3.63) is 30.9 Å². The number of sulfonamides is 1. The highest BCUT2D eigenvalue weighted by atomic mass is 32.2. The fourth-order valence-corrected chi connectivity index (χ4v) is 5.06. The fourth-order valence-electron chi connectivity index (χ4n) is 3.61. The number of pyridine rings is 2. The molecule has 11 heteroatoms. The molecule has 1 fully saturated rings. The van der Waals surface area contributed by atoms with E-state index in [0.717, 1.165) is 21.8 Å². The molecule has 3 aromatic rings. The van der Waals surface area contributed by atoms with Crippen LogP contribution in [-0.2, 0) is 10.0 Å². The first-order valence-corrected chi connectivity index (χ1v) is 10.3. The van der Waals surface area contributed by atoms with Gasteiger partial charge in [-0.15, -0.1) is 0 Å². The highest BCUT2D eigenvalue weighted by Crippen LogP contribution is 2.33. The number of halogens is 3. The molecule has 0 aromatic carbocycles. The smallest absolute Gasteiger partial charge is 0.368 e. The van der Waals surface area contributed by atoms with Crippen molar-refractivity contribution in [1.82, 2.24) is 19.7 Å². The minimum atomic E-state index is -4.59. The number of aromatic nitrogens is 3. The number of H-pyrrole nitrogens is 1. The Balaban J connectivity index is 1.66. The van der Waals surface area contributed by atoms with Gasteiger partial charge in [0.15, 0.2) is 0 Å². The van der Waals surface area contributed by atoms with Crippen molar-refractivity contribution in [2.45, 2.75) is 24.3 Å². The number of hydrogen-bond acceptors (Lipinski definition) is 5. The molecule has 4 rings (SSSR count). The van der Waals surface area contributed by atoms with Crippen LogP contribution in [0.4, 0.5) is 18.9 Å². The number of nitrogens with one attached hydrogen (secondary N) is 2. The Bertz CT molecular complexity index is 1110. The highest BCUT2D eigenvalue weighted by molar-refractivity contribution is 7.90. The van der Waals surface area contributed by atoms with E-state index in [2.05, 4.69) is 15.0 Å². The van der Waals surface area contributed by atoms with E-state index in [1.807, 2.05) is 11.0 Å². The number of nitrogens with zero attached hydrogens (tertiary/aromatic N) is 3. The van der Waals surface area contributed by atoms with Crippen LogP contribution in [0.1, 0.15) is 12.8 Å². The summed E-state index contributed by atoms with van der Waals surface area (Å²) in [6, 6.07) is 1.89. The van der Waals surface area contributed by atoms with Crippen molar-refractivity contribution >= 4 is 37.5 Å². The second kappa shape index (κ2) is 6.89. The number of piperidine rings is 1. The van der Waals surface area contributed by atoms with E-state index in [-0.39, 0.29) is 6.54 Å². The lowest BCUT2D eigenvalue weighted by atomic mass is 10.1. The third-order valence-electron chi connectivity index (χ3n) is 4.91. The van der Waals surface area contributed by atoms with Crippen molar-refractivity contribution in [3.8, 4) is 0 Å². The van der Waals surface area contributed by atoms with Gasteiger partial charge in [-0.3, -0.25) is 4.98 Å². The molecule has 2 N–H and O–H groups in total. The molecular formula is C17H18F3N5O2S. The van der Waals surface area contributed by atoms with Crippen molar-refractivity contribution in [3.63, 3.8) is 0 Å². The highest BCUT2D eigenvalue weighted by Gasteiger charge is 2.35. The first-order valence-electron chi connectivity index (χ1n) is 8.74. The van der Waals surface area contributed by atoms with Crippen molar-refractivity contribution < 1.29 is 21.6 Å². The topological polar surface area (TPSA) is 91.0 Å². The summed E-state index contributed by atoms with van der Waals surface area (Å²) in [6.45, 7) is -0.861. The molecule has 3 aromatic heterocycles. The Hall–Kier alpha value is -2.40. The number of fused-ring (bicyclic) bond motifs is 3. The van der Waals surface area contributed by atoms with Gasteiger partial charge >= 0.3 is 6.18 Å². The van der Waals surface area contributed by atoms with Crippen LogP contribution < -0.4 is 9.62 Å². The van der Waals surface area contributed by atoms with Gasteiger partial charge in [0.1, 0.15) is 12.2 Å². The van der Waals surface area contributed by atoms with Crippen molar-refractivity contribution in [2.24, 2.45) is 0 Å². The molecule has 1 unspecified atom stereocenters. The SMILES string of the molecule is O=S(=O)(NCC(F)(F)F)C1CCCN(c2cncc3cnc4[nH]ccc4c23)C1. The lowest BCUT2D eigenvalue weighted by molar-refractivity contribution is -0.121. The summed E-state index contributed by atoms with van der Waals surface area (Å²) in [7, 11) is -4.09. The molecule has 0 bridgehead atoms. The molecule has 1 saturated heterocycles. The van der Waals surface area contributed by atoms with Crippen LogP contribution in [0, 0.1) is 0 Å². The summed E-state index contributed by atoms with van der Waals surface area (Å²) in [5.41, 5.74) is 1.45. The number of alkyl halides is 3. The quantitative estimate of drug-likeness (QED) is 0.686. The van der Waals surface area contributed by atoms with Gasteiger partial charge in [0, 0.05) is 47.8 Å². The van der Waals surface area contributed by atoms with Gasteiger partial charge in [-0.2, -0.15) is 13.2 Å². The molecule has 0 spiro atoms. The molecular weight excluding hydrogens is 395 g/mol. The maximum atomic E-state index is 12.4. The third kappa shape index (κ3) is 3.63. The Kier molecular flexibility index (Phi) is 4.66. The van der Waals surface area contributed by atoms with E-state index in [0.29, 0.717) is 25.0 Å². The second-order valence-corrected chi connectivity index (χ2v) is 8.86. The zero-order chi connectivity index (χ0) is 19.9. The molecule has 4 heterocycles. The Morgan fingerprint density at radius 1 is 1.29 bits per heavy atom. The Morgan fingerprint density at radius 3 is 2.89 bits per heavy atom.